The predicted octanol–water partition coefficient (Wildman–Crippen LogP) is 2.51. The third-order valence-corrected chi connectivity index (χ3v) is 3.40. The van der Waals surface area contributed by atoms with E-state index in [0.29, 0.717) is 12.5 Å². The van der Waals surface area contributed by atoms with Crippen LogP contribution in [0.3, 0.4) is 0 Å². The van der Waals surface area contributed by atoms with Gasteiger partial charge in [-0.3, -0.25) is 0 Å². The van der Waals surface area contributed by atoms with Crippen LogP contribution in [0.1, 0.15) is 12.8 Å². The molecule has 1 fully saturated rings. The summed E-state index contributed by atoms with van der Waals surface area (Å²) in [5.74, 6) is 0.191. The second-order valence-electron chi connectivity index (χ2n) is 4.88. The lowest BCUT2D eigenvalue weighted by Crippen LogP contribution is -2.32. The Morgan fingerprint density at radius 3 is 2.84 bits per heavy atom. The Labute approximate surface area is 111 Å². The largest absolute Gasteiger partial charge is 0.490 e. The van der Waals surface area contributed by atoms with Crippen LogP contribution in [0.2, 0.25) is 0 Å². The maximum absolute atomic E-state index is 13.7. The summed E-state index contributed by atoms with van der Waals surface area (Å²) in [6.07, 6.45) is 3.53. The molecular formula is C14H17FN2O2. The molecular weight excluding hydrogens is 247 g/mol. The number of rotatable bonds is 4. The van der Waals surface area contributed by atoms with Gasteiger partial charge in [0.05, 0.1) is 12.3 Å². The molecule has 0 aromatic heterocycles. The van der Waals surface area contributed by atoms with Crippen LogP contribution in [0.4, 0.5) is 10.1 Å². The van der Waals surface area contributed by atoms with Crippen molar-refractivity contribution >= 4 is 11.8 Å². The van der Waals surface area contributed by atoms with Gasteiger partial charge in [0.1, 0.15) is 0 Å². The van der Waals surface area contributed by atoms with Gasteiger partial charge in [-0.2, -0.15) is 4.99 Å². The number of likely N-dealkylation sites (tertiary alicyclic amines) is 1. The van der Waals surface area contributed by atoms with Crippen LogP contribution in [-0.2, 0) is 4.79 Å². The summed E-state index contributed by atoms with van der Waals surface area (Å²) in [7, 11) is 2.10. The highest BCUT2D eigenvalue weighted by Crippen LogP contribution is 2.24. The molecule has 0 radical (unpaired) electrons. The molecule has 1 aliphatic heterocycles. The maximum atomic E-state index is 13.7. The summed E-state index contributed by atoms with van der Waals surface area (Å²) in [6, 6.07) is 4.22. The van der Waals surface area contributed by atoms with Gasteiger partial charge in [-0.1, -0.05) is 0 Å². The van der Waals surface area contributed by atoms with Gasteiger partial charge >= 0.3 is 0 Å². The number of benzene rings is 1. The summed E-state index contributed by atoms with van der Waals surface area (Å²) in [4.78, 5) is 15.7. The zero-order chi connectivity index (χ0) is 13.7. The van der Waals surface area contributed by atoms with E-state index in [9.17, 15) is 9.18 Å². The second kappa shape index (κ2) is 6.45. The van der Waals surface area contributed by atoms with E-state index in [1.54, 1.807) is 0 Å². The van der Waals surface area contributed by atoms with Gasteiger partial charge in [0.25, 0.3) is 0 Å². The van der Waals surface area contributed by atoms with Crippen LogP contribution >= 0.6 is 0 Å². The topological polar surface area (TPSA) is 41.9 Å². The van der Waals surface area contributed by atoms with Crippen molar-refractivity contribution in [2.24, 2.45) is 10.9 Å². The van der Waals surface area contributed by atoms with Gasteiger partial charge in [-0.25, -0.2) is 9.18 Å². The lowest BCUT2D eigenvalue weighted by Gasteiger charge is -2.28. The quantitative estimate of drug-likeness (QED) is 0.620. The summed E-state index contributed by atoms with van der Waals surface area (Å²) >= 11 is 0. The molecule has 1 aromatic rings. The van der Waals surface area contributed by atoms with Crippen molar-refractivity contribution in [2.75, 3.05) is 26.7 Å². The highest BCUT2D eigenvalue weighted by molar-refractivity contribution is 5.50. The van der Waals surface area contributed by atoms with E-state index >= 15 is 0 Å². The molecule has 1 saturated heterocycles. The smallest absolute Gasteiger partial charge is 0.240 e. The van der Waals surface area contributed by atoms with E-state index in [2.05, 4.69) is 16.9 Å². The summed E-state index contributed by atoms with van der Waals surface area (Å²) in [5.41, 5.74) is 0.249. The molecule has 0 bridgehead atoms. The van der Waals surface area contributed by atoms with Gasteiger partial charge < -0.3 is 9.64 Å². The second-order valence-corrected chi connectivity index (χ2v) is 4.88. The van der Waals surface area contributed by atoms with E-state index in [1.807, 2.05) is 0 Å². The lowest BCUT2D eigenvalue weighted by molar-refractivity contribution is 0.157. The molecule has 4 nitrogen and oxygen atoms in total. The molecule has 19 heavy (non-hydrogen) atoms. The summed E-state index contributed by atoms with van der Waals surface area (Å²) in [6.45, 7) is 2.65. The SMILES string of the molecule is CN1CCC(COc2ccc(N=C=O)cc2F)CC1. The first-order valence-electron chi connectivity index (χ1n) is 6.38. The van der Waals surface area contributed by atoms with Gasteiger partial charge in [0, 0.05) is 6.07 Å². The Kier molecular flexibility index (Phi) is 4.66. The average molecular weight is 264 g/mol. The highest BCUT2D eigenvalue weighted by atomic mass is 19.1. The first-order chi connectivity index (χ1) is 9.19. The van der Waals surface area contributed by atoms with E-state index in [1.165, 1.54) is 24.3 Å². The molecule has 0 unspecified atom stereocenters. The van der Waals surface area contributed by atoms with Crippen LogP contribution < -0.4 is 4.74 Å². The van der Waals surface area contributed by atoms with E-state index in [0.717, 1.165) is 25.9 Å². The van der Waals surface area contributed by atoms with Crippen LogP contribution in [0.25, 0.3) is 0 Å². The Morgan fingerprint density at radius 2 is 2.21 bits per heavy atom. The lowest BCUT2D eigenvalue weighted by atomic mass is 9.98. The molecule has 0 aliphatic carbocycles. The first-order valence-corrected chi connectivity index (χ1v) is 6.38. The van der Waals surface area contributed by atoms with Crippen LogP contribution in [0.15, 0.2) is 23.2 Å². The van der Waals surface area contributed by atoms with Crippen molar-refractivity contribution in [1.82, 2.24) is 4.90 Å². The third kappa shape index (κ3) is 3.88. The number of piperidine rings is 1. The summed E-state index contributed by atoms with van der Waals surface area (Å²) < 4.78 is 19.2. The normalized spacial score (nSPS) is 16.9. The fourth-order valence-electron chi connectivity index (χ4n) is 2.17. The monoisotopic (exact) mass is 264 g/mol. The molecule has 0 spiro atoms. The molecule has 0 saturated carbocycles. The number of nitrogens with zero attached hydrogens (tertiary/aromatic N) is 2. The van der Waals surface area contributed by atoms with Crippen molar-refractivity contribution in [1.29, 1.82) is 0 Å². The minimum Gasteiger partial charge on any atom is -0.490 e. The molecule has 1 heterocycles. The Morgan fingerprint density at radius 1 is 1.47 bits per heavy atom. The molecule has 5 heteroatoms. The highest BCUT2D eigenvalue weighted by Gasteiger charge is 2.17. The van der Waals surface area contributed by atoms with Gasteiger partial charge in [0.2, 0.25) is 6.08 Å². The third-order valence-electron chi connectivity index (χ3n) is 3.40. The summed E-state index contributed by atoms with van der Waals surface area (Å²) in [5, 5.41) is 0. The molecule has 102 valence electrons. The first kappa shape index (κ1) is 13.7. The molecule has 0 N–H and O–H groups in total. The molecule has 0 amide bonds. The number of hydrogen-bond donors (Lipinski definition) is 0. The number of hydrogen-bond acceptors (Lipinski definition) is 4. The van der Waals surface area contributed by atoms with Gasteiger partial charge in [-0.15, -0.1) is 0 Å². The average Bonchev–Trinajstić information content (AvgIpc) is 2.40. The van der Waals surface area contributed by atoms with Crippen molar-refractivity contribution in [3.8, 4) is 5.75 Å². The molecule has 0 atom stereocenters. The van der Waals surface area contributed by atoms with E-state index < -0.39 is 5.82 Å². The van der Waals surface area contributed by atoms with Crippen LogP contribution in [0, 0.1) is 11.7 Å². The zero-order valence-electron chi connectivity index (χ0n) is 10.9. The maximum Gasteiger partial charge on any atom is 0.240 e. The van der Waals surface area contributed by atoms with Gasteiger partial charge in [0.15, 0.2) is 11.6 Å². The fourth-order valence-corrected chi connectivity index (χ4v) is 2.17. The zero-order valence-corrected chi connectivity index (χ0v) is 10.9. The standard InChI is InChI=1S/C14H17FN2O2/c1-17-6-4-11(5-7-17)9-19-14-3-2-12(16-10-18)8-13(14)15/h2-3,8,11H,4-7,9H2,1H3. The molecule has 1 aliphatic rings. The van der Waals surface area contributed by atoms with Crippen molar-refractivity contribution < 1.29 is 13.9 Å². The van der Waals surface area contributed by atoms with Crippen molar-refractivity contribution in [2.45, 2.75) is 12.8 Å². The fraction of sp³-hybridized carbons (Fsp3) is 0.500. The Bertz CT molecular complexity index is 478. The number of aliphatic imine (C=N–C) groups is 1. The minimum atomic E-state index is -0.496. The minimum absolute atomic E-state index is 0.212. The number of ether oxygens (including phenoxy) is 1. The van der Waals surface area contributed by atoms with E-state index in [4.69, 9.17) is 4.74 Å². The number of halogens is 1. The van der Waals surface area contributed by atoms with E-state index in [-0.39, 0.29) is 11.4 Å². The number of isocyanates is 1. The van der Waals surface area contributed by atoms with Crippen LogP contribution in [-0.4, -0.2) is 37.7 Å². The Balaban J connectivity index is 1.90. The van der Waals surface area contributed by atoms with Crippen LogP contribution in [0.5, 0.6) is 5.75 Å². The number of carbonyl (C=O) groups excluding carboxylic acids is 1. The Hall–Kier alpha value is -1.71. The van der Waals surface area contributed by atoms with Gasteiger partial charge in [-0.05, 0) is 51.0 Å². The van der Waals surface area contributed by atoms with Crippen molar-refractivity contribution in [3.05, 3.63) is 24.0 Å². The predicted molar refractivity (Wildman–Crippen MR) is 69.9 cm³/mol. The molecule has 2 rings (SSSR count). The van der Waals surface area contributed by atoms with Crippen molar-refractivity contribution in [3.63, 3.8) is 0 Å². The molecule has 1 aromatic carbocycles.